The zero-order valence-electron chi connectivity index (χ0n) is 10.2. The molecule has 6 nitrogen and oxygen atoms in total. The van der Waals surface area contributed by atoms with Crippen LogP contribution in [-0.2, 0) is 11.3 Å². The molecule has 2 rings (SSSR count). The number of hydrogen-bond acceptors (Lipinski definition) is 4. The Labute approximate surface area is 100 Å². The van der Waals surface area contributed by atoms with Gasteiger partial charge in [0.15, 0.2) is 5.69 Å². The van der Waals surface area contributed by atoms with Crippen LogP contribution in [0.3, 0.4) is 0 Å². The monoisotopic (exact) mass is 238 g/mol. The van der Waals surface area contributed by atoms with E-state index in [0.29, 0.717) is 5.92 Å². The molecule has 1 unspecified atom stereocenters. The molecule has 0 aromatic carbocycles. The summed E-state index contributed by atoms with van der Waals surface area (Å²) in [5, 5.41) is 7.63. The van der Waals surface area contributed by atoms with Crippen LogP contribution in [0.5, 0.6) is 0 Å². The van der Waals surface area contributed by atoms with E-state index in [0.717, 1.165) is 19.4 Å². The van der Waals surface area contributed by atoms with Gasteiger partial charge >= 0.3 is 0 Å². The standard InChI is InChI=1S/C11H18N4O2/c1-7-3-9(4-8(2)17-7)5-15-6-10(11(12)16)13-14-15/h6-9H,3-5H2,1-2H3,(H2,12,16)/t7-,8+,9?. The molecule has 17 heavy (non-hydrogen) atoms. The molecule has 3 atom stereocenters. The van der Waals surface area contributed by atoms with Crippen molar-refractivity contribution in [2.24, 2.45) is 11.7 Å². The van der Waals surface area contributed by atoms with Crippen molar-refractivity contribution in [3.05, 3.63) is 11.9 Å². The molecule has 1 aliphatic heterocycles. The Morgan fingerprint density at radius 3 is 2.71 bits per heavy atom. The first-order chi connectivity index (χ1) is 8.04. The van der Waals surface area contributed by atoms with Crippen molar-refractivity contribution in [2.45, 2.75) is 45.4 Å². The molecule has 1 saturated heterocycles. The number of rotatable bonds is 3. The molecular formula is C11H18N4O2. The van der Waals surface area contributed by atoms with E-state index in [2.05, 4.69) is 24.2 Å². The normalized spacial score (nSPS) is 29.2. The maximum absolute atomic E-state index is 10.9. The Morgan fingerprint density at radius 1 is 1.53 bits per heavy atom. The third-order valence-corrected chi connectivity index (χ3v) is 3.03. The fourth-order valence-corrected chi connectivity index (χ4v) is 2.46. The molecule has 0 saturated carbocycles. The number of nitrogens with zero attached hydrogens (tertiary/aromatic N) is 3. The summed E-state index contributed by atoms with van der Waals surface area (Å²) in [7, 11) is 0. The third-order valence-electron chi connectivity index (χ3n) is 3.03. The molecule has 2 heterocycles. The maximum atomic E-state index is 10.9. The predicted molar refractivity (Wildman–Crippen MR) is 61.3 cm³/mol. The van der Waals surface area contributed by atoms with Gasteiger partial charge in [0.2, 0.25) is 0 Å². The fourth-order valence-electron chi connectivity index (χ4n) is 2.46. The molecule has 1 aliphatic rings. The number of primary amides is 1. The van der Waals surface area contributed by atoms with Gasteiger partial charge in [0.25, 0.3) is 5.91 Å². The smallest absolute Gasteiger partial charge is 0.270 e. The number of ether oxygens (including phenoxy) is 1. The summed E-state index contributed by atoms with van der Waals surface area (Å²) >= 11 is 0. The summed E-state index contributed by atoms with van der Waals surface area (Å²) in [5.41, 5.74) is 5.35. The predicted octanol–water partition coefficient (Wildman–Crippen LogP) is 0.581. The van der Waals surface area contributed by atoms with Crippen molar-refractivity contribution in [3.8, 4) is 0 Å². The second-order valence-electron chi connectivity index (χ2n) is 4.78. The van der Waals surface area contributed by atoms with E-state index >= 15 is 0 Å². The molecule has 1 amide bonds. The number of nitrogens with two attached hydrogens (primary N) is 1. The van der Waals surface area contributed by atoms with Gasteiger partial charge in [-0.2, -0.15) is 0 Å². The van der Waals surface area contributed by atoms with Crippen molar-refractivity contribution in [2.75, 3.05) is 0 Å². The third kappa shape index (κ3) is 3.03. The minimum Gasteiger partial charge on any atom is -0.376 e. The minimum atomic E-state index is -0.537. The van der Waals surface area contributed by atoms with Gasteiger partial charge in [0, 0.05) is 6.54 Å². The molecule has 2 N–H and O–H groups in total. The molecular weight excluding hydrogens is 220 g/mol. The Hall–Kier alpha value is -1.43. The summed E-state index contributed by atoms with van der Waals surface area (Å²) in [6, 6.07) is 0. The van der Waals surface area contributed by atoms with E-state index in [-0.39, 0.29) is 17.9 Å². The van der Waals surface area contributed by atoms with Crippen LogP contribution in [0, 0.1) is 5.92 Å². The fraction of sp³-hybridized carbons (Fsp3) is 0.727. The van der Waals surface area contributed by atoms with Gasteiger partial charge in [-0.1, -0.05) is 5.21 Å². The summed E-state index contributed by atoms with van der Waals surface area (Å²) in [6.07, 6.45) is 4.19. The van der Waals surface area contributed by atoms with Crippen LogP contribution in [0.2, 0.25) is 0 Å². The Morgan fingerprint density at radius 2 is 2.18 bits per heavy atom. The Kier molecular flexibility index (Phi) is 3.42. The highest BCUT2D eigenvalue weighted by Crippen LogP contribution is 2.25. The average Bonchev–Trinajstić information content (AvgIpc) is 2.64. The van der Waals surface area contributed by atoms with Gasteiger partial charge in [0.05, 0.1) is 18.4 Å². The molecule has 0 spiro atoms. The summed E-state index contributed by atoms with van der Waals surface area (Å²) in [6.45, 7) is 4.93. The number of aromatic nitrogens is 3. The van der Waals surface area contributed by atoms with Gasteiger partial charge in [0.1, 0.15) is 0 Å². The lowest BCUT2D eigenvalue weighted by Gasteiger charge is -2.31. The van der Waals surface area contributed by atoms with E-state index in [9.17, 15) is 4.79 Å². The first-order valence-electron chi connectivity index (χ1n) is 5.90. The molecule has 0 bridgehead atoms. The molecule has 1 aromatic heterocycles. The maximum Gasteiger partial charge on any atom is 0.270 e. The van der Waals surface area contributed by atoms with Crippen molar-refractivity contribution in [1.29, 1.82) is 0 Å². The lowest BCUT2D eigenvalue weighted by Crippen LogP contribution is -2.31. The van der Waals surface area contributed by atoms with Crippen LogP contribution in [0.25, 0.3) is 0 Å². The van der Waals surface area contributed by atoms with Gasteiger partial charge in [-0.25, -0.2) is 0 Å². The van der Waals surface area contributed by atoms with E-state index in [1.165, 1.54) is 0 Å². The summed E-state index contributed by atoms with van der Waals surface area (Å²) in [5.74, 6) is -0.0267. The zero-order chi connectivity index (χ0) is 12.4. The molecule has 0 aliphatic carbocycles. The minimum absolute atomic E-state index is 0.221. The number of carbonyl (C=O) groups is 1. The van der Waals surface area contributed by atoms with Gasteiger partial charge in [-0.3, -0.25) is 9.48 Å². The van der Waals surface area contributed by atoms with Crippen LogP contribution in [0.15, 0.2) is 6.20 Å². The van der Waals surface area contributed by atoms with Crippen molar-refractivity contribution in [3.63, 3.8) is 0 Å². The first kappa shape index (κ1) is 12.0. The Bertz CT molecular complexity index is 394. The van der Waals surface area contributed by atoms with Gasteiger partial charge in [-0.05, 0) is 32.6 Å². The van der Waals surface area contributed by atoms with Crippen molar-refractivity contribution >= 4 is 5.91 Å². The van der Waals surface area contributed by atoms with Gasteiger partial charge < -0.3 is 10.5 Å². The van der Waals surface area contributed by atoms with Crippen LogP contribution < -0.4 is 5.73 Å². The molecule has 1 aromatic rings. The van der Waals surface area contributed by atoms with Crippen LogP contribution in [0.4, 0.5) is 0 Å². The Balaban J connectivity index is 1.97. The summed E-state index contributed by atoms with van der Waals surface area (Å²) < 4.78 is 7.37. The number of amides is 1. The van der Waals surface area contributed by atoms with E-state index in [4.69, 9.17) is 10.5 Å². The van der Waals surface area contributed by atoms with E-state index in [1.807, 2.05) is 0 Å². The molecule has 94 valence electrons. The van der Waals surface area contributed by atoms with Crippen LogP contribution in [-0.4, -0.2) is 33.1 Å². The van der Waals surface area contributed by atoms with E-state index < -0.39 is 5.91 Å². The van der Waals surface area contributed by atoms with Crippen LogP contribution in [0.1, 0.15) is 37.2 Å². The highest BCUT2D eigenvalue weighted by molar-refractivity contribution is 5.90. The van der Waals surface area contributed by atoms with E-state index in [1.54, 1.807) is 10.9 Å². The zero-order valence-corrected chi connectivity index (χ0v) is 10.2. The summed E-state index contributed by atoms with van der Waals surface area (Å²) in [4.78, 5) is 10.9. The first-order valence-corrected chi connectivity index (χ1v) is 5.90. The average molecular weight is 238 g/mol. The highest BCUT2D eigenvalue weighted by atomic mass is 16.5. The SMILES string of the molecule is C[C@@H]1CC(Cn2cc(C(N)=O)nn2)C[C@H](C)O1. The lowest BCUT2D eigenvalue weighted by molar-refractivity contribution is -0.0554. The van der Waals surface area contributed by atoms with Crippen LogP contribution >= 0.6 is 0 Å². The second kappa shape index (κ2) is 4.83. The lowest BCUT2D eigenvalue weighted by atomic mass is 9.93. The molecule has 6 heteroatoms. The molecule has 0 radical (unpaired) electrons. The quantitative estimate of drug-likeness (QED) is 0.835. The highest BCUT2D eigenvalue weighted by Gasteiger charge is 2.25. The van der Waals surface area contributed by atoms with Crippen molar-refractivity contribution < 1.29 is 9.53 Å². The second-order valence-corrected chi connectivity index (χ2v) is 4.78. The van der Waals surface area contributed by atoms with Crippen molar-refractivity contribution in [1.82, 2.24) is 15.0 Å². The number of carbonyl (C=O) groups excluding carboxylic acids is 1. The topological polar surface area (TPSA) is 83.0 Å². The largest absolute Gasteiger partial charge is 0.376 e. The van der Waals surface area contributed by atoms with Gasteiger partial charge in [-0.15, -0.1) is 5.10 Å². The number of hydrogen-bond donors (Lipinski definition) is 1. The molecule has 1 fully saturated rings.